The average Bonchev–Trinajstić information content (AvgIpc) is 2.72. The topological polar surface area (TPSA) is 59.5 Å². The van der Waals surface area contributed by atoms with Gasteiger partial charge in [-0.2, -0.15) is 0 Å². The zero-order valence-corrected chi connectivity index (χ0v) is 11.1. The summed E-state index contributed by atoms with van der Waals surface area (Å²) in [5.41, 5.74) is 6.95. The van der Waals surface area contributed by atoms with Crippen molar-refractivity contribution in [3.05, 3.63) is 23.7 Å². The monoisotopic (exact) mass is 238 g/mol. The van der Waals surface area contributed by atoms with Gasteiger partial charge in [0.2, 0.25) is 5.91 Å². The zero-order valence-electron chi connectivity index (χ0n) is 11.1. The summed E-state index contributed by atoms with van der Waals surface area (Å²) in [7, 11) is 1.77. The van der Waals surface area contributed by atoms with E-state index in [1.165, 1.54) is 0 Å². The molecule has 2 N–H and O–H groups in total. The maximum absolute atomic E-state index is 12.1. The van der Waals surface area contributed by atoms with Gasteiger partial charge >= 0.3 is 0 Å². The van der Waals surface area contributed by atoms with E-state index >= 15 is 0 Å². The summed E-state index contributed by atoms with van der Waals surface area (Å²) in [4.78, 5) is 13.7. The van der Waals surface area contributed by atoms with Crippen LogP contribution in [0.15, 0.2) is 16.7 Å². The van der Waals surface area contributed by atoms with Crippen molar-refractivity contribution in [1.82, 2.24) is 4.90 Å². The van der Waals surface area contributed by atoms with E-state index < -0.39 is 6.04 Å². The van der Waals surface area contributed by atoms with Crippen molar-refractivity contribution in [1.29, 1.82) is 0 Å². The van der Waals surface area contributed by atoms with Crippen LogP contribution in [0.3, 0.4) is 0 Å². The largest absolute Gasteiger partial charge is 0.469 e. The molecule has 1 rings (SSSR count). The molecule has 1 amide bonds. The smallest absolute Gasteiger partial charge is 0.239 e. The molecule has 0 aliphatic carbocycles. The summed E-state index contributed by atoms with van der Waals surface area (Å²) in [6.07, 6.45) is 2.54. The van der Waals surface area contributed by atoms with Gasteiger partial charge in [-0.3, -0.25) is 4.79 Å². The van der Waals surface area contributed by atoms with Gasteiger partial charge in [0.25, 0.3) is 0 Å². The second-order valence-corrected chi connectivity index (χ2v) is 4.61. The zero-order chi connectivity index (χ0) is 13.0. The Morgan fingerprint density at radius 1 is 1.59 bits per heavy atom. The van der Waals surface area contributed by atoms with Crippen LogP contribution in [0.4, 0.5) is 0 Å². The minimum atomic E-state index is -0.419. The predicted molar refractivity (Wildman–Crippen MR) is 67.3 cm³/mol. The minimum Gasteiger partial charge on any atom is -0.469 e. The van der Waals surface area contributed by atoms with E-state index in [0.29, 0.717) is 6.54 Å². The molecule has 1 aromatic heterocycles. The molecule has 0 aliphatic heterocycles. The first-order valence-electron chi connectivity index (χ1n) is 6.00. The molecule has 0 spiro atoms. The second-order valence-electron chi connectivity index (χ2n) is 4.61. The van der Waals surface area contributed by atoms with E-state index in [1.807, 2.05) is 26.8 Å². The maximum Gasteiger partial charge on any atom is 0.239 e. The second kappa shape index (κ2) is 5.87. The number of hydrogen-bond donors (Lipinski definition) is 1. The van der Waals surface area contributed by atoms with Crippen LogP contribution in [0.5, 0.6) is 0 Å². The van der Waals surface area contributed by atoms with Crippen LogP contribution in [0.25, 0.3) is 0 Å². The third kappa shape index (κ3) is 3.33. The van der Waals surface area contributed by atoms with E-state index in [4.69, 9.17) is 10.2 Å². The molecule has 0 saturated heterocycles. The Hall–Kier alpha value is -1.29. The maximum atomic E-state index is 12.1. The fraction of sp³-hybridized carbons (Fsp3) is 0.615. The molecule has 1 aromatic rings. The van der Waals surface area contributed by atoms with Crippen molar-refractivity contribution in [2.24, 2.45) is 11.7 Å². The number of nitrogens with zero attached hydrogens (tertiary/aromatic N) is 1. The molecule has 0 aliphatic rings. The SMILES string of the molecule is CC[C@H](C)[C@H](N)C(=O)N(C)Cc1ccoc1C. The Labute approximate surface area is 103 Å². The molecular formula is C13H22N2O2. The summed E-state index contributed by atoms with van der Waals surface area (Å²) in [5.74, 6) is 1.04. The van der Waals surface area contributed by atoms with Crippen molar-refractivity contribution < 1.29 is 9.21 Å². The van der Waals surface area contributed by atoms with Crippen LogP contribution in [-0.4, -0.2) is 23.9 Å². The summed E-state index contributed by atoms with van der Waals surface area (Å²) in [6, 6.07) is 1.46. The third-order valence-corrected chi connectivity index (χ3v) is 3.29. The molecule has 0 unspecified atom stereocenters. The molecule has 0 saturated carbocycles. The van der Waals surface area contributed by atoms with Crippen LogP contribution in [-0.2, 0) is 11.3 Å². The molecule has 0 aromatic carbocycles. The number of aryl methyl sites for hydroxylation is 1. The lowest BCUT2D eigenvalue weighted by Gasteiger charge is -2.24. The minimum absolute atomic E-state index is 0.0139. The molecular weight excluding hydrogens is 216 g/mol. The van der Waals surface area contributed by atoms with Crippen molar-refractivity contribution in [3.63, 3.8) is 0 Å². The Morgan fingerprint density at radius 2 is 2.24 bits per heavy atom. The summed E-state index contributed by atoms with van der Waals surface area (Å²) in [5, 5.41) is 0. The van der Waals surface area contributed by atoms with Gasteiger partial charge in [-0.25, -0.2) is 0 Å². The number of carbonyl (C=O) groups is 1. The first kappa shape index (κ1) is 13.8. The first-order chi connectivity index (χ1) is 7.97. The van der Waals surface area contributed by atoms with Crippen LogP contribution >= 0.6 is 0 Å². The van der Waals surface area contributed by atoms with Crippen LogP contribution < -0.4 is 5.73 Å². The van der Waals surface area contributed by atoms with Crippen molar-refractivity contribution in [2.75, 3.05) is 7.05 Å². The fourth-order valence-electron chi connectivity index (χ4n) is 1.66. The summed E-state index contributed by atoms with van der Waals surface area (Å²) >= 11 is 0. The summed E-state index contributed by atoms with van der Waals surface area (Å²) < 4.78 is 5.21. The highest BCUT2D eigenvalue weighted by Crippen LogP contribution is 2.13. The highest BCUT2D eigenvalue weighted by Gasteiger charge is 2.23. The molecule has 1 heterocycles. The lowest BCUT2D eigenvalue weighted by molar-refractivity contribution is -0.132. The molecule has 96 valence electrons. The molecule has 2 atom stereocenters. The predicted octanol–water partition coefficient (Wildman–Crippen LogP) is 1.92. The van der Waals surface area contributed by atoms with Gasteiger partial charge in [0.15, 0.2) is 0 Å². The van der Waals surface area contributed by atoms with Gasteiger partial charge in [0, 0.05) is 19.2 Å². The fourth-order valence-corrected chi connectivity index (χ4v) is 1.66. The number of amides is 1. The molecule has 4 heteroatoms. The number of carbonyl (C=O) groups excluding carboxylic acids is 1. The van der Waals surface area contributed by atoms with E-state index in [-0.39, 0.29) is 11.8 Å². The highest BCUT2D eigenvalue weighted by molar-refractivity contribution is 5.81. The van der Waals surface area contributed by atoms with Crippen molar-refractivity contribution in [3.8, 4) is 0 Å². The number of furan rings is 1. The molecule has 0 fully saturated rings. The third-order valence-electron chi connectivity index (χ3n) is 3.29. The Bertz CT molecular complexity index is 373. The normalized spacial score (nSPS) is 14.4. The van der Waals surface area contributed by atoms with Gasteiger partial charge in [-0.1, -0.05) is 20.3 Å². The molecule has 4 nitrogen and oxygen atoms in total. The standard InChI is InChI=1S/C13H22N2O2/c1-5-9(2)12(14)13(16)15(4)8-11-6-7-17-10(11)3/h6-7,9,12H,5,8,14H2,1-4H3/t9-,12-/m0/s1. The highest BCUT2D eigenvalue weighted by atomic mass is 16.3. The van der Waals surface area contributed by atoms with Crippen LogP contribution in [0, 0.1) is 12.8 Å². The van der Waals surface area contributed by atoms with Crippen LogP contribution in [0.2, 0.25) is 0 Å². The van der Waals surface area contributed by atoms with E-state index in [9.17, 15) is 4.79 Å². The Morgan fingerprint density at radius 3 is 2.71 bits per heavy atom. The lowest BCUT2D eigenvalue weighted by Crippen LogP contribution is -2.45. The van der Waals surface area contributed by atoms with Crippen molar-refractivity contribution in [2.45, 2.75) is 39.8 Å². The molecule has 17 heavy (non-hydrogen) atoms. The van der Waals surface area contributed by atoms with Gasteiger partial charge < -0.3 is 15.1 Å². The summed E-state index contributed by atoms with van der Waals surface area (Å²) in [6.45, 7) is 6.48. The van der Waals surface area contributed by atoms with E-state index in [2.05, 4.69) is 0 Å². The average molecular weight is 238 g/mol. The Balaban J connectivity index is 2.61. The number of likely N-dealkylation sites (N-methyl/N-ethyl adjacent to an activating group) is 1. The number of hydrogen-bond acceptors (Lipinski definition) is 3. The molecule has 0 radical (unpaired) electrons. The van der Waals surface area contributed by atoms with Gasteiger partial charge in [-0.15, -0.1) is 0 Å². The van der Waals surface area contributed by atoms with Gasteiger partial charge in [0.05, 0.1) is 12.3 Å². The molecule has 0 bridgehead atoms. The number of rotatable bonds is 5. The quantitative estimate of drug-likeness (QED) is 0.852. The van der Waals surface area contributed by atoms with Gasteiger partial charge in [0.1, 0.15) is 5.76 Å². The Kier molecular flexibility index (Phi) is 4.75. The first-order valence-corrected chi connectivity index (χ1v) is 6.00. The van der Waals surface area contributed by atoms with E-state index in [1.54, 1.807) is 18.2 Å². The van der Waals surface area contributed by atoms with Gasteiger partial charge in [-0.05, 0) is 18.9 Å². The lowest BCUT2D eigenvalue weighted by atomic mass is 9.99. The van der Waals surface area contributed by atoms with Crippen molar-refractivity contribution >= 4 is 5.91 Å². The van der Waals surface area contributed by atoms with Crippen LogP contribution in [0.1, 0.15) is 31.6 Å². The number of nitrogens with two attached hydrogens (primary N) is 1. The van der Waals surface area contributed by atoms with E-state index in [0.717, 1.165) is 17.7 Å².